The van der Waals surface area contributed by atoms with E-state index in [1.165, 1.54) is 31.1 Å². The van der Waals surface area contributed by atoms with Crippen molar-refractivity contribution in [2.24, 2.45) is 29.4 Å². The summed E-state index contributed by atoms with van der Waals surface area (Å²) in [5, 5.41) is 24.6. The fourth-order valence-corrected chi connectivity index (χ4v) is 10.8. The zero-order valence-electron chi connectivity index (χ0n) is 57.0. The molecule has 3 rings (SSSR count). The second kappa shape index (κ2) is 45.1. The summed E-state index contributed by atoms with van der Waals surface area (Å²) in [6.45, 7) is 19.2. The standard InChI is InChI=1S/C66H109N9O18/c1-13-46(6)60(53(85-11)40-56(78)75-27-17-20-52(75)62(86-12)47(7)63(81)70-48(8)61(80)50-18-15-14-16-19-50)73(9)57(79)42-69-65(83)59(45(4)5)74(10)66(84)93-43-49-21-23-51(24-22-49)71-55(77)41-68-64(82)58(44(2)3)72-54(76)25-28-87-30-32-89-34-36-91-38-39-92-37-35-90-33-31-88-29-26-67/h14-16,18-19,21-24,44-48,52-53,58-62,80H,13,17,20,25-43,67H2,1-12H3,(H,68,82)(H,69,83)(H,70,81)(H,71,77)(H,72,76)/t46-,47+,48+,52-,53+,58?,59?,60-,61+,62+/m0/s1. The summed E-state index contributed by atoms with van der Waals surface area (Å²) in [4.78, 5) is 112. The number of likely N-dealkylation sites (N-methyl/N-ethyl adjacent to an activating group) is 2. The van der Waals surface area contributed by atoms with Crippen molar-refractivity contribution in [3.05, 3.63) is 65.7 Å². The first-order chi connectivity index (χ1) is 44.5. The number of amides is 8. The lowest BCUT2D eigenvalue weighted by Gasteiger charge is -2.39. The molecule has 0 radical (unpaired) electrons. The van der Waals surface area contributed by atoms with Crippen molar-refractivity contribution in [2.75, 3.05) is 139 Å². The molecule has 2 unspecified atom stereocenters. The van der Waals surface area contributed by atoms with Crippen LogP contribution in [0.4, 0.5) is 10.5 Å². The lowest BCUT2D eigenvalue weighted by atomic mass is 9.90. The van der Waals surface area contributed by atoms with Gasteiger partial charge >= 0.3 is 6.09 Å². The molecule has 526 valence electrons. The van der Waals surface area contributed by atoms with Gasteiger partial charge in [-0.25, -0.2) is 4.79 Å². The molecule has 1 aliphatic heterocycles. The smallest absolute Gasteiger partial charge is 0.410 e. The van der Waals surface area contributed by atoms with Crippen molar-refractivity contribution in [3.8, 4) is 0 Å². The number of nitrogens with one attached hydrogen (secondary N) is 5. The lowest BCUT2D eigenvalue weighted by Crippen LogP contribution is -2.56. The van der Waals surface area contributed by atoms with E-state index in [-0.39, 0.29) is 62.9 Å². The predicted molar refractivity (Wildman–Crippen MR) is 348 cm³/mol. The number of nitrogens with two attached hydrogens (primary N) is 1. The van der Waals surface area contributed by atoms with Crippen LogP contribution in [0.15, 0.2) is 54.6 Å². The number of aliphatic hydroxyl groups excluding tert-OH is 1. The molecular weight excluding hydrogens is 1210 g/mol. The fourth-order valence-electron chi connectivity index (χ4n) is 10.8. The predicted octanol–water partition coefficient (Wildman–Crippen LogP) is 3.20. The van der Waals surface area contributed by atoms with Crippen molar-refractivity contribution in [3.63, 3.8) is 0 Å². The Bertz CT molecular complexity index is 2520. The topological polar surface area (TPSA) is 336 Å². The van der Waals surface area contributed by atoms with E-state index in [0.29, 0.717) is 115 Å². The Morgan fingerprint density at radius 2 is 1.22 bits per heavy atom. The molecule has 0 spiro atoms. The van der Waals surface area contributed by atoms with Gasteiger partial charge in [-0.1, -0.05) is 97.4 Å². The van der Waals surface area contributed by atoms with E-state index in [9.17, 15) is 43.5 Å². The van der Waals surface area contributed by atoms with Crippen LogP contribution in [0.25, 0.3) is 0 Å². The summed E-state index contributed by atoms with van der Waals surface area (Å²) in [6, 6.07) is 12.0. The van der Waals surface area contributed by atoms with Gasteiger partial charge in [-0.05, 0) is 60.8 Å². The van der Waals surface area contributed by atoms with Gasteiger partial charge in [0.05, 0.1) is 141 Å². The molecule has 0 aliphatic carbocycles. The Labute approximate surface area is 550 Å². The highest BCUT2D eigenvalue weighted by Crippen LogP contribution is 2.30. The lowest BCUT2D eigenvalue weighted by molar-refractivity contribution is -0.146. The van der Waals surface area contributed by atoms with Crippen molar-refractivity contribution in [1.29, 1.82) is 0 Å². The highest BCUT2D eigenvalue weighted by Gasteiger charge is 2.43. The highest BCUT2D eigenvalue weighted by molar-refractivity contribution is 5.96. The van der Waals surface area contributed by atoms with E-state index in [2.05, 4.69) is 26.6 Å². The van der Waals surface area contributed by atoms with E-state index >= 15 is 0 Å². The number of aliphatic hydroxyl groups is 1. The van der Waals surface area contributed by atoms with Gasteiger partial charge in [0, 0.05) is 53.5 Å². The number of ether oxygens (including phenoxy) is 9. The Hall–Kier alpha value is -6.40. The molecule has 93 heavy (non-hydrogen) atoms. The number of methoxy groups -OCH3 is 2. The molecule has 2 aromatic carbocycles. The van der Waals surface area contributed by atoms with Crippen LogP contribution in [0.2, 0.25) is 0 Å². The summed E-state index contributed by atoms with van der Waals surface area (Å²) in [7, 11) is 6.05. The molecule has 0 aromatic heterocycles. The summed E-state index contributed by atoms with van der Waals surface area (Å²) < 4.78 is 50.0. The number of carbonyl (C=O) groups is 8. The van der Waals surface area contributed by atoms with Gasteiger partial charge in [-0.3, -0.25) is 38.5 Å². The molecule has 1 fully saturated rings. The molecule has 8 amide bonds. The minimum Gasteiger partial charge on any atom is -0.445 e. The number of rotatable bonds is 47. The van der Waals surface area contributed by atoms with Crippen LogP contribution in [-0.4, -0.2) is 243 Å². The number of hydrogen-bond acceptors (Lipinski definition) is 19. The quantitative estimate of drug-likeness (QED) is 0.0468. The van der Waals surface area contributed by atoms with Crippen molar-refractivity contribution in [1.82, 2.24) is 36.0 Å². The largest absolute Gasteiger partial charge is 0.445 e. The summed E-state index contributed by atoms with van der Waals surface area (Å²) >= 11 is 0. The minimum absolute atomic E-state index is 0.0115. The minimum atomic E-state index is -1.03. The Morgan fingerprint density at radius 3 is 1.74 bits per heavy atom. The third-order valence-electron chi connectivity index (χ3n) is 16.2. The van der Waals surface area contributed by atoms with E-state index < -0.39 is 103 Å². The van der Waals surface area contributed by atoms with Crippen molar-refractivity contribution in [2.45, 2.75) is 143 Å². The van der Waals surface area contributed by atoms with Crippen LogP contribution in [0.3, 0.4) is 0 Å². The first kappa shape index (κ1) is 80.8. The summed E-state index contributed by atoms with van der Waals surface area (Å²) in [5.41, 5.74) is 7.01. The van der Waals surface area contributed by atoms with Crippen LogP contribution < -0.4 is 32.3 Å². The van der Waals surface area contributed by atoms with Gasteiger partial charge in [0.2, 0.25) is 41.4 Å². The number of anilines is 1. The zero-order chi connectivity index (χ0) is 68.8. The molecule has 8 N–H and O–H groups in total. The molecule has 2 aromatic rings. The van der Waals surface area contributed by atoms with Crippen LogP contribution in [0.5, 0.6) is 0 Å². The zero-order valence-corrected chi connectivity index (χ0v) is 57.0. The van der Waals surface area contributed by atoms with Crippen LogP contribution in [0, 0.1) is 23.7 Å². The maximum atomic E-state index is 14.3. The van der Waals surface area contributed by atoms with Gasteiger partial charge in [-0.15, -0.1) is 0 Å². The third kappa shape index (κ3) is 29.0. The van der Waals surface area contributed by atoms with Gasteiger partial charge in [0.25, 0.3) is 0 Å². The summed E-state index contributed by atoms with van der Waals surface area (Å²) in [5.74, 6) is -4.50. The van der Waals surface area contributed by atoms with Gasteiger partial charge in [0.15, 0.2) is 0 Å². The maximum Gasteiger partial charge on any atom is 0.410 e. The highest BCUT2D eigenvalue weighted by atomic mass is 16.6. The number of likely N-dealkylation sites (tertiary alicyclic amines) is 1. The molecule has 10 atom stereocenters. The Morgan fingerprint density at radius 1 is 0.656 bits per heavy atom. The van der Waals surface area contributed by atoms with Crippen molar-refractivity contribution >= 4 is 53.1 Å². The normalized spacial score (nSPS) is 16.0. The average Bonchev–Trinajstić information content (AvgIpc) is 2.50. The van der Waals surface area contributed by atoms with Gasteiger partial charge < -0.3 is 89.9 Å². The molecule has 27 nitrogen and oxygen atoms in total. The first-order valence-corrected chi connectivity index (χ1v) is 32.4. The van der Waals surface area contributed by atoms with Crippen LogP contribution in [0.1, 0.15) is 105 Å². The average molecular weight is 1320 g/mol. The number of hydrogen-bond donors (Lipinski definition) is 7. The third-order valence-corrected chi connectivity index (χ3v) is 16.2. The molecule has 0 saturated carbocycles. The molecule has 27 heteroatoms. The second-order valence-electron chi connectivity index (χ2n) is 23.8. The van der Waals surface area contributed by atoms with E-state index in [1.54, 1.807) is 89.9 Å². The Kier molecular flexibility index (Phi) is 39.2. The van der Waals surface area contributed by atoms with Gasteiger partial charge in [0.1, 0.15) is 18.7 Å². The van der Waals surface area contributed by atoms with Gasteiger partial charge in [-0.2, -0.15) is 0 Å². The van der Waals surface area contributed by atoms with Crippen LogP contribution >= 0.6 is 0 Å². The number of carbonyl (C=O) groups excluding carboxylic acids is 8. The fraction of sp³-hybridized carbons (Fsp3) is 0.697. The van der Waals surface area contributed by atoms with E-state index in [4.69, 9.17) is 48.4 Å². The molecular formula is C66H109N9O18. The first-order valence-electron chi connectivity index (χ1n) is 32.4. The monoisotopic (exact) mass is 1320 g/mol. The van der Waals surface area contributed by atoms with Crippen molar-refractivity contribution < 1.29 is 86.1 Å². The number of nitrogens with zero attached hydrogens (tertiary/aromatic N) is 3. The maximum absolute atomic E-state index is 14.3. The number of benzene rings is 2. The summed E-state index contributed by atoms with van der Waals surface area (Å²) in [6.07, 6.45) is -1.23. The Balaban J connectivity index is 1.42. The van der Waals surface area contributed by atoms with Crippen LogP contribution in [-0.2, 0) is 82.8 Å². The van der Waals surface area contributed by atoms with E-state index in [1.807, 2.05) is 32.0 Å². The molecule has 1 saturated heterocycles. The SMILES string of the molecule is CC[C@H](C)[C@@H]([C@@H](CC(=O)N1CCC[C@H]1[C@H](OC)[C@@H](C)C(=O)N[C@H](C)[C@@H](O)c1ccccc1)OC)N(C)C(=O)CNC(=O)C(C(C)C)N(C)C(=O)OCc1ccc(NC(=O)CNC(=O)C(NC(=O)CCOCCOCCOCCOCCOCCOCCN)C(C)C)cc1. The molecule has 1 aliphatic rings. The second-order valence-corrected chi connectivity index (χ2v) is 23.8. The molecule has 1 heterocycles. The van der Waals surface area contributed by atoms with E-state index in [0.717, 1.165) is 0 Å². The molecule has 0 bridgehead atoms.